The van der Waals surface area contributed by atoms with Gasteiger partial charge in [0.05, 0.1) is 12.7 Å². The van der Waals surface area contributed by atoms with E-state index in [0.717, 1.165) is 5.56 Å². The quantitative estimate of drug-likeness (QED) is 0.886. The molecule has 0 unspecified atom stereocenters. The Bertz CT molecular complexity index is 626. The predicted octanol–water partition coefficient (Wildman–Crippen LogP) is 2.61. The van der Waals surface area contributed by atoms with Crippen molar-refractivity contribution in [2.45, 2.75) is 26.6 Å². The van der Waals surface area contributed by atoms with Crippen LogP contribution in [0.2, 0.25) is 0 Å². The number of pyridine rings is 1. The third-order valence-corrected chi connectivity index (χ3v) is 2.68. The van der Waals surface area contributed by atoms with Gasteiger partial charge in [-0.2, -0.15) is 0 Å². The number of aromatic nitrogens is 1. The van der Waals surface area contributed by atoms with Crippen molar-refractivity contribution in [3.8, 4) is 5.88 Å². The topological polar surface area (TPSA) is 71.5 Å². The van der Waals surface area contributed by atoms with Crippen molar-refractivity contribution in [3.63, 3.8) is 0 Å². The van der Waals surface area contributed by atoms with Crippen molar-refractivity contribution in [1.82, 2.24) is 4.98 Å². The van der Waals surface area contributed by atoms with Gasteiger partial charge in [0.1, 0.15) is 5.69 Å². The van der Waals surface area contributed by atoms with E-state index in [-0.39, 0.29) is 24.3 Å². The maximum Gasteiger partial charge on any atom is 0.274 e. The number of benzene rings is 1. The highest BCUT2D eigenvalue weighted by Crippen LogP contribution is 2.14. The lowest BCUT2D eigenvalue weighted by atomic mass is 10.2. The number of aliphatic hydroxyl groups is 1. The highest BCUT2D eigenvalue weighted by molar-refractivity contribution is 6.02. The maximum atomic E-state index is 12.2. The summed E-state index contributed by atoms with van der Waals surface area (Å²) >= 11 is 0. The average Bonchev–Trinajstić information content (AvgIpc) is 2.47. The molecule has 110 valence electrons. The Balaban J connectivity index is 2.12. The van der Waals surface area contributed by atoms with Gasteiger partial charge >= 0.3 is 0 Å². The number of ether oxygens (including phenoxy) is 1. The lowest BCUT2D eigenvalue weighted by Gasteiger charge is -2.10. The minimum atomic E-state index is -0.320. The van der Waals surface area contributed by atoms with E-state index < -0.39 is 0 Å². The standard InChI is InChI=1S/C16H18N2O3/c1-11(2)21-15-8-4-7-14(18-15)16(20)17-13-6-3-5-12(9-13)10-19/h3-9,11,19H,10H2,1-2H3,(H,17,20). The zero-order valence-electron chi connectivity index (χ0n) is 12.0. The number of amides is 1. The molecule has 0 aliphatic carbocycles. The number of nitrogens with one attached hydrogen (secondary N) is 1. The second-order valence-corrected chi connectivity index (χ2v) is 4.84. The zero-order valence-corrected chi connectivity index (χ0v) is 12.0. The van der Waals surface area contributed by atoms with Crippen molar-refractivity contribution in [1.29, 1.82) is 0 Å². The Morgan fingerprint density at radius 2 is 2.05 bits per heavy atom. The molecule has 2 rings (SSSR count). The fourth-order valence-corrected chi connectivity index (χ4v) is 1.79. The molecule has 1 aromatic carbocycles. The molecule has 0 aliphatic rings. The molecular formula is C16H18N2O3. The van der Waals surface area contributed by atoms with E-state index in [1.807, 2.05) is 13.8 Å². The summed E-state index contributed by atoms with van der Waals surface area (Å²) in [5, 5.41) is 11.8. The maximum absolute atomic E-state index is 12.2. The first kappa shape index (κ1) is 15.0. The number of hydrogen-bond donors (Lipinski definition) is 2. The molecule has 0 fully saturated rings. The van der Waals surface area contributed by atoms with Gasteiger partial charge in [0, 0.05) is 11.8 Å². The molecule has 5 heteroatoms. The number of rotatable bonds is 5. The van der Waals surface area contributed by atoms with E-state index in [0.29, 0.717) is 11.6 Å². The molecule has 0 saturated heterocycles. The second kappa shape index (κ2) is 6.85. The molecule has 0 saturated carbocycles. The molecule has 2 aromatic rings. The van der Waals surface area contributed by atoms with Crippen LogP contribution in [0.3, 0.4) is 0 Å². The molecular weight excluding hydrogens is 268 g/mol. The number of carbonyl (C=O) groups is 1. The molecule has 5 nitrogen and oxygen atoms in total. The van der Waals surface area contributed by atoms with Crippen molar-refractivity contribution < 1.29 is 14.6 Å². The van der Waals surface area contributed by atoms with Crippen LogP contribution in [0.25, 0.3) is 0 Å². The molecule has 1 amide bonds. The molecule has 0 bridgehead atoms. The van der Waals surface area contributed by atoms with Gasteiger partial charge in [-0.15, -0.1) is 0 Å². The predicted molar refractivity (Wildman–Crippen MR) is 80.3 cm³/mol. The third-order valence-electron chi connectivity index (χ3n) is 2.68. The van der Waals surface area contributed by atoms with Gasteiger partial charge in [-0.1, -0.05) is 18.2 Å². The molecule has 0 spiro atoms. The summed E-state index contributed by atoms with van der Waals surface area (Å²) in [4.78, 5) is 16.3. The van der Waals surface area contributed by atoms with E-state index in [1.165, 1.54) is 0 Å². The van der Waals surface area contributed by atoms with Crippen molar-refractivity contribution in [3.05, 3.63) is 53.7 Å². The van der Waals surface area contributed by atoms with Gasteiger partial charge in [0.25, 0.3) is 5.91 Å². The number of hydrogen-bond acceptors (Lipinski definition) is 4. The summed E-state index contributed by atoms with van der Waals surface area (Å²) in [7, 11) is 0. The van der Waals surface area contributed by atoms with Gasteiger partial charge in [-0.25, -0.2) is 4.98 Å². The van der Waals surface area contributed by atoms with Gasteiger partial charge < -0.3 is 15.2 Å². The smallest absolute Gasteiger partial charge is 0.274 e. The highest BCUT2D eigenvalue weighted by atomic mass is 16.5. The largest absolute Gasteiger partial charge is 0.475 e. The van der Waals surface area contributed by atoms with E-state index in [1.54, 1.807) is 42.5 Å². The van der Waals surface area contributed by atoms with Crippen molar-refractivity contribution in [2.24, 2.45) is 0 Å². The van der Waals surface area contributed by atoms with Crippen molar-refractivity contribution >= 4 is 11.6 Å². The van der Waals surface area contributed by atoms with E-state index in [4.69, 9.17) is 9.84 Å². The first-order valence-electron chi connectivity index (χ1n) is 6.73. The van der Waals surface area contributed by atoms with Crippen LogP contribution < -0.4 is 10.1 Å². The van der Waals surface area contributed by atoms with Gasteiger partial charge in [0.15, 0.2) is 0 Å². The van der Waals surface area contributed by atoms with Crippen LogP contribution in [-0.4, -0.2) is 22.1 Å². The number of anilines is 1. The Morgan fingerprint density at radius 1 is 1.29 bits per heavy atom. The van der Waals surface area contributed by atoms with Crippen LogP contribution in [-0.2, 0) is 6.61 Å². The van der Waals surface area contributed by atoms with E-state index in [2.05, 4.69) is 10.3 Å². The lowest BCUT2D eigenvalue weighted by Crippen LogP contribution is -2.15. The first-order chi connectivity index (χ1) is 10.1. The van der Waals surface area contributed by atoms with E-state index in [9.17, 15) is 4.79 Å². The van der Waals surface area contributed by atoms with Gasteiger partial charge in [-0.3, -0.25) is 4.79 Å². The fraction of sp³-hybridized carbons (Fsp3) is 0.250. The first-order valence-corrected chi connectivity index (χ1v) is 6.73. The molecule has 0 aliphatic heterocycles. The van der Waals surface area contributed by atoms with Gasteiger partial charge in [-0.05, 0) is 37.6 Å². The van der Waals surface area contributed by atoms with Crippen LogP contribution in [0.15, 0.2) is 42.5 Å². The summed E-state index contributed by atoms with van der Waals surface area (Å²) in [5.74, 6) is 0.0982. The number of aliphatic hydroxyl groups excluding tert-OH is 1. The second-order valence-electron chi connectivity index (χ2n) is 4.84. The number of nitrogens with zero attached hydrogens (tertiary/aromatic N) is 1. The molecule has 0 atom stereocenters. The Kier molecular flexibility index (Phi) is 4.90. The van der Waals surface area contributed by atoms with Crippen LogP contribution in [0.4, 0.5) is 5.69 Å². The molecule has 21 heavy (non-hydrogen) atoms. The van der Waals surface area contributed by atoms with E-state index >= 15 is 0 Å². The normalized spacial score (nSPS) is 10.5. The monoisotopic (exact) mass is 286 g/mol. The van der Waals surface area contributed by atoms with Crippen molar-refractivity contribution in [2.75, 3.05) is 5.32 Å². The van der Waals surface area contributed by atoms with Crippen LogP contribution in [0, 0.1) is 0 Å². The lowest BCUT2D eigenvalue weighted by molar-refractivity contribution is 0.102. The molecule has 1 aromatic heterocycles. The summed E-state index contributed by atoms with van der Waals surface area (Å²) in [6.45, 7) is 3.73. The van der Waals surface area contributed by atoms with Crippen LogP contribution in [0.5, 0.6) is 5.88 Å². The average molecular weight is 286 g/mol. The SMILES string of the molecule is CC(C)Oc1cccc(C(=O)Nc2cccc(CO)c2)n1. The molecule has 0 radical (unpaired) electrons. The number of carbonyl (C=O) groups excluding carboxylic acids is 1. The Labute approximate surface area is 123 Å². The molecule has 2 N–H and O–H groups in total. The molecule has 1 heterocycles. The van der Waals surface area contributed by atoms with Gasteiger partial charge in [0.2, 0.25) is 5.88 Å². The highest BCUT2D eigenvalue weighted by Gasteiger charge is 2.10. The Morgan fingerprint density at radius 3 is 2.76 bits per heavy atom. The third kappa shape index (κ3) is 4.29. The minimum Gasteiger partial charge on any atom is -0.475 e. The Hall–Kier alpha value is -2.40. The minimum absolute atomic E-state index is 0.00273. The summed E-state index contributed by atoms with van der Waals surface area (Å²) in [6.07, 6.45) is -0.00273. The summed E-state index contributed by atoms with van der Waals surface area (Å²) in [6, 6.07) is 12.1. The summed E-state index contributed by atoms with van der Waals surface area (Å²) in [5.41, 5.74) is 1.63. The zero-order chi connectivity index (χ0) is 15.2. The van der Waals surface area contributed by atoms with Crippen LogP contribution in [0.1, 0.15) is 29.9 Å². The fourth-order valence-electron chi connectivity index (χ4n) is 1.79. The van der Waals surface area contributed by atoms with Crippen LogP contribution >= 0.6 is 0 Å². The summed E-state index contributed by atoms with van der Waals surface area (Å²) < 4.78 is 5.47.